The first-order valence-electron chi connectivity index (χ1n) is 9.40. The van der Waals surface area contributed by atoms with Crippen LogP contribution in [0.25, 0.3) is 6.08 Å². The van der Waals surface area contributed by atoms with Crippen molar-refractivity contribution in [2.75, 3.05) is 19.0 Å². The Hall–Kier alpha value is -2.75. The molecular weight excluding hydrogens is 338 g/mol. The average molecular weight is 367 g/mol. The largest absolute Gasteiger partial charge is 0.493 e. The first-order valence-corrected chi connectivity index (χ1v) is 9.40. The van der Waals surface area contributed by atoms with Crippen molar-refractivity contribution in [1.29, 1.82) is 0 Å². The normalized spacial score (nSPS) is 10.8. The highest BCUT2D eigenvalue weighted by atomic mass is 16.5. The zero-order valence-corrected chi connectivity index (χ0v) is 16.7. The molecule has 0 bridgehead atoms. The van der Waals surface area contributed by atoms with Crippen LogP contribution in [-0.2, 0) is 4.79 Å². The van der Waals surface area contributed by atoms with Crippen molar-refractivity contribution in [3.63, 3.8) is 0 Å². The molecular formula is C23H29NO3. The lowest BCUT2D eigenvalue weighted by atomic mass is 10.1. The fourth-order valence-corrected chi connectivity index (χ4v) is 2.62. The number of aryl methyl sites for hydroxylation is 2. The number of methoxy groups -OCH3 is 1. The lowest BCUT2D eigenvalue weighted by molar-refractivity contribution is -0.111. The zero-order chi connectivity index (χ0) is 19.6. The Morgan fingerprint density at radius 3 is 2.56 bits per heavy atom. The van der Waals surface area contributed by atoms with Crippen molar-refractivity contribution in [1.82, 2.24) is 0 Å². The minimum absolute atomic E-state index is 0.169. The van der Waals surface area contributed by atoms with Crippen molar-refractivity contribution in [2.24, 2.45) is 0 Å². The van der Waals surface area contributed by atoms with Crippen LogP contribution in [-0.4, -0.2) is 19.6 Å². The fraction of sp³-hybridized carbons (Fsp3) is 0.348. The van der Waals surface area contributed by atoms with E-state index in [0.717, 1.165) is 41.8 Å². The summed E-state index contributed by atoms with van der Waals surface area (Å²) in [6.07, 6.45) is 6.62. The lowest BCUT2D eigenvalue weighted by Gasteiger charge is -2.11. The number of carbonyl (C=O) groups excluding carboxylic acids is 1. The fourth-order valence-electron chi connectivity index (χ4n) is 2.62. The van der Waals surface area contributed by atoms with Crippen LogP contribution in [0.5, 0.6) is 11.5 Å². The van der Waals surface area contributed by atoms with Crippen LogP contribution in [0.2, 0.25) is 0 Å². The van der Waals surface area contributed by atoms with Gasteiger partial charge in [0, 0.05) is 11.8 Å². The van der Waals surface area contributed by atoms with Gasteiger partial charge in [-0.2, -0.15) is 0 Å². The minimum Gasteiger partial charge on any atom is -0.493 e. The molecule has 0 unspecified atom stereocenters. The van der Waals surface area contributed by atoms with Gasteiger partial charge in [-0.15, -0.1) is 0 Å². The van der Waals surface area contributed by atoms with Gasteiger partial charge in [0.05, 0.1) is 13.7 Å². The Bertz CT molecular complexity index is 796. The van der Waals surface area contributed by atoms with E-state index in [4.69, 9.17) is 9.47 Å². The molecule has 0 atom stereocenters. The highest BCUT2D eigenvalue weighted by molar-refractivity contribution is 6.02. The van der Waals surface area contributed by atoms with Gasteiger partial charge in [0.25, 0.3) is 0 Å². The van der Waals surface area contributed by atoms with Gasteiger partial charge >= 0.3 is 0 Å². The maximum atomic E-state index is 12.2. The van der Waals surface area contributed by atoms with Crippen LogP contribution < -0.4 is 14.8 Å². The standard InChI is InChI=1S/C23H29NO3/c1-5-6-7-14-27-21-12-9-19(16-22(21)26-4)10-13-23(25)24-20-11-8-17(2)18(3)15-20/h8-13,15-16H,5-7,14H2,1-4H3,(H,24,25)/b13-10+. The maximum absolute atomic E-state index is 12.2. The predicted octanol–water partition coefficient (Wildman–Crippen LogP) is 5.53. The van der Waals surface area contributed by atoms with E-state index in [1.54, 1.807) is 13.2 Å². The SMILES string of the molecule is CCCCCOc1ccc(/C=C/C(=O)Nc2ccc(C)c(C)c2)cc1OC. The summed E-state index contributed by atoms with van der Waals surface area (Å²) < 4.78 is 11.2. The topological polar surface area (TPSA) is 47.6 Å². The number of rotatable bonds is 9. The van der Waals surface area contributed by atoms with Gasteiger partial charge in [-0.05, 0) is 67.3 Å². The molecule has 0 aliphatic heterocycles. The number of ether oxygens (including phenoxy) is 2. The van der Waals surface area contributed by atoms with Gasteiger partial charge in [-0.3, -0.25) is 4.79 Å². The number of unbranched alkanes of at least 4 members (excludes halogenated alkanes) is 2. The number of amides is 1. The van der Waals surface area contributed by atoms with Gasteiger partial charge in [0.15, 0.2) is 11.5 Å². The molecule has 0 aliphatic rings. The average Bonchev–Trinajstić information content (AvgIpc) is 2.67. The molecule has 2 rings (SSSR count). The summed E-state index contributed by atoms with van der Waals surface area (Å²) in [5, 5.41) is 2.88. The summed E-state index contributed by atoms with van der Waals surface area (Å²) in [7, 11) is 1.62. The molecule has 0 aromatic heterocycles. The summed E-state index contributed by atoms with van der Waals surface area (Å²) in [4.78, 5) is 12.2. The van der Waals surface area contributed by atoms with Gasteiger partial charge in [0.1, 0.15) is 0 Å². The number of hydrogen-bond donors (Lipinski definition) is 1. The summed E-state index contributed by atoms with van der Waals surface area (Å²) in [6.45, 7) is 6.92. The van der Waals surface area contributed by atoms with Crippen LogP contribution >= 0.6 is 0 Å². The van der Waals surface area contributed by atoms with Crippen molar-refractivity contribution >= 4 is 17.7 Å². The third kappa shape index (κ3) is 6.48. The molecule has 0 radical (unpaired) electrons. The molecule has 4 nitrogen and oxygen atoms in total. The van der Waals surface area contributed by atoms with Crippen molar-refractivity contribution in [3.05, 3.63) is 59.2 Å². The molecule has 144 valence electrons. The molecule has 4 heteroatoms. The van der Waals surface area contributed by atoms with Gasteiger partial charge in [0.2, 0.25) is 5.91 Å². The number of nitrogens with one attached hydrogen (secondary N) is 1. The minimum atomic E-state index is -0.169. The quantitative estimate of drug-likeness (QED) is 0.468. The Morgan fingerprint density at radius 2 is 1.85 bits per heavy atom. The molecule has 1 amide bonds. The van der Waals surface area contributed by atoms with Crippen molar-refractivity contribution < 1.29 is 14.3 Å². The van der Waals surface area contributed by atoms with Crippen LogP contribution in [0.1, 0.15) is 42.9 Å². The van der Waals surface area contributed by atoms with E-state index in [2.05, 4.69) is 12.2 Å². The number of anilines is 1. The molecule has 0 saturated carbocycles. The van der Waals surface area contributed by atoms with E-state index in [9.17, 15) is 4.79 Å². The highest BCUT2D eigenvalue weighted by Crippen LogP contribution is 2.28. The maximum Gasteiger partial charge on any atom is 0.248 e. The zero-order valence-electron chi connectivity index (χ0n) is 16.7. The molecule has 2 aromatic rings. The third-order valence-electron chi connectivity index (χ3n) is 4.39. The Balaban J connectivity index is 1.98. The van der Waals surface area contributed by atoms with Crippen LogP contribution in [0.3, 0.4) is 0 Å². The molecule has 0 heterocycles. The first kappa shape index (κ1) is 20.6. The van der Waals surface area contributed by atoms with E-state index in [0.29, 0.717) is 12.4 Å². The second-order valence-electron chi connectivity index (χ2n) is 6.59. The van der Waals surface area contributed by atoms with Crippen LogP contribution in [0.4, 0.5) is 5.69 Å². The predicted molar refractivity (Wildman–Crippen MR) is 112 cm³/mol. The van der Waals surface area contributed by atoms with Gasteiger partial charge < -0.3 is 14.8 Å². The molecule has 0 fully saturated rings. The monoisotopic (exact) mass is 367 g/mol. The van der Waals surface area contributed by atoms with Crippen LogP contribution in [0.15, 0.2) is 42.5 Å². The van der Waals surface area contributed by atoms with Gasteiger partial charge in [-0.25, -0.2) is 0 Å². The third-order valence-corrected chi connectivity index (χ3v) is 4.39. The summed E-state index contributed by atoms with van der Waals surface area (Å²) >= 11 is 0. The second-order valence-corrected chi connectivity index (χ2v) is 6.59. The first-order chi connectivity index (χ1) is 13.0. The molecule has 0 saturated heterocycles. The molecule has 0 aliphatic carbocycles. The van der Waals surface area contributed by atoms with E-state index in [1.807, 2.05) is 50.2 Å². The second kappa shape index (κ2) is 10.4. The van der Waals surface area contributed by atoms with E-state index >= 15 is 0 Å². The highest BCUT2D eigenvalue weighted by Gasteiger charge is 2.05. The Labute approximate surface area is 162 Å². The Morgan fingerprint density at radius 1 is 1.04 bits per heavy atom. The van der Waals surface area contributed by atoms with E-state index in [-0.39, 0.29) is 5.91 Å². The molecule has 1 N–H and O–H groups in total. The van der Waals surface area contributed by atoms with Crippen molar-refractivity contribution in [3.8, 4) is 11.5 Å². The van der Waals surface area contributed by atoms with Crippen molar-refractivity contribution in [2.45, 2.75) is 40.0 Å². The molecule has 0 spiro atoms. The van der Waals surface area contributed by atoms with E-state index < -0.39 is 0 Å². The molecule has 2 aromatic carbocycles. The summed E-state index contributed by atoms with van der Waals surface area (Å²) in [6, 6.07) is 11.5. The van der Waals surface area contributed by atoms with Gasteiger partial charge in [-0.1, -0.05) is 31.9 Å². The van der Waals surface area contributed by atoms with Crippen LogP contribution in [0, 0.1) is 13.8 Å². The Kier molecular flexibility index (Phi) is 7.93. The smallest absolute Gasteiger partial charge is 0.248 e. The number of hydrogen-bond acceptors (Lipinski definition) is 3. The van der Waals surface area contributed by atoms with E-state index in [1.165, 1.54) is 11.6 Å². The molecule has 27 heavy (non-hydrogen) atoms. The number of carbonyl (C=O) groups is 1. The summed E-state index contributed by atoms with van der Waals surface area (Å²) in [5.41, 5.74) is 4.02. The lowest BCUT2D eigenvalue weighted by Crippen LogP contribution is -2.07. The summed E-state index contributed by atoms with van der Waals surface area (Å²) in [5.74, 6) is 1.23. The number of benzene rings is 2.